The molecule has 1 aliphatic rings. The molecule has 1 fully saturated rings. The maximum Gasteiger partial charge on any atom is 0.195 e. The fourth-order valence-electron chi connectivity index (χ4n) is 2.64. The lowest BCUT2D eigenvalue weighted by molar-refractivity contribution is 0.487. The van der Waals surface area contributed by atoms with Crippen LogP contribution in [-0.4, -0.2) is 14.8 Å². The monoisotopic (exact) mass is 239 g/mol. The third-order valence-corrected chi connectivity index (χ3v) is 3.76. The first-order chi connectivity index (χ1) is 7.70. The molecular formula is C12H21N3S. The van der Waals surface area contributed by atoms with Crippen LogP contribution >= 0.6 is 12.2 Å². The molecule has 0 aromatic carbocycles. The molecule has 1 saturated carbocycles. The van der Waals surface area contributed by atoms with Crippen molar-refractivity contribution in [3.8, 4) is 0 Å². The van der Waals surface area contributed by atoms with E-state index >= 15 is 0 Å². The molecule has 1 heterocycles. The van der Waals surface area contributed by atoms with E-state index < -0.39 is 0 Å². The largest absolute Gasteiger partial charge is 0.301 e. The van der Waals surface area contributed by atoms with Gasteiger partial charge in [-0.25, -0.2) is 0 Å². The second-order valence-corrected chi connectivity index (χ2v) is 5.43. The summed E-state index contributed by atoms with van der Waals surface area (Å²) in [6, 6.07) is 0.407. The van der Waals surface area contributed by atoms with Crippen molar-refractivity contribution in [3.63, 3.8) is 0 Å². The summed E-state index contributed by atoms with van der Waals surface area (Å²) in [7, 11) is 0. The smallest absolute Gasteiger partial charge is 0.195 e. The first-order valence-corrected chi connectivity index (χ1v) is 6.77. The van der Waals surface area contributed by atoms with Crippen molar-refractivity contribution in [2.24, 2.45) is 0 Å². The van der Waals surface area contributed by atoms with E-state index in [-0.39, 0.29) is 0 Å². The van der Waals surface area contributed by atoms with Crippen LogP contribution in [0, 0.1) is 4.77 Å². The van der Waals surface area contributed by atoms with Gasteiger partial charge in [0.05, 0.1) is 0 Å². The molecule has 1 N–H and O–H groups in total. The van der Waals surface area contributed by atoms with Gasteiger partial charge in [0.2, 0.25) is 0 Å². The fourth-order valence-corrected chi connectivity index (χ4v) is 2.99. The molecule has 0 spiro atoms. The topological polar surface area (TPSA) is 33.6 Å². The van der Waals surface area contributed by atoms with Gasteiger partial charge in [0, 0.05) is 12.0 Å². The lowest BCUT2D eigenvalue weighted by atomic mass is 9.99. The molecule has 0 unspecified atom stereocenters. The molecule has 1 aromatic heterocycles. The first kappa shape index (κ1) is 11.8. The van der Waals surface area contributed by atoms with Gasteiger partial charge in [-0.1, -0.05) is 25.7 Å². The predicted molar refractivity (Wildman–Crippen MR) is 68.2 cm³/mol. The highest BCUT2D eigenvalue weighted by Gasteiger charge is 2.21. The van der Waals surface area contributed by atoms with Crippen LogP contribution in [0.5, 0.6) is 0 Å². The van der Waals surface area contributed by atoms with Crippen LogP contribution in [0.15, 0.2) is 0 Å². The molecule has 1 aromatic rings. The zero-order valence-electron chi connectivity index (χ0n) is 10.2. The van der Waals surface area contributed by atoms with Gasteiger partial charge in [-0.3, -0.25) is 5.10 Å². The van der Waals surface area contributed by atoms with Gasteiger partial charge in [0.15, 0.2) is 4.77 Å². The minimum Gasteiger partial charge on any atom is -0.301 e. The van der Waals surface area contributed by atoms with Crippen LogP contribution < -0.4 is 0 Å². The van der Waals surface area contributed by atoms with Crippen LogP contribution in [0.3, 0.4) is 0 Å². The molecule has 90 valence electrons. The molecule has 16 heavy (non-hydrogen) atoms. The number of nitrogens with one attached hydrogen (secondary N) is 1. The van der Waals surface area contributed by atoms with E-state index in [1.54, 1.807) is 0 Å². The van der Waals surface area contributed by atoms with Gasteiger partial charge >= 0.3 is 0 Å². The number of aromatic amines is 1. The van der Waals surface area contributed by atoms with Gasteiger partial charge < -0.3 is 4.57 Å². The average molecular weight is 239 g/mol. The summed E-state index contributed by atoms with van der Waals surface area (Å²) in [5, 5.41) is 7.40. The summed E-state index contributed by atoms with van der Waals surface area (Å²) < 4.78 is 2.96. The molecule has 2 rings (SSSR count). The van der Waals surface area contributed by atoms with Crippen molar-refractivity contribution in [3.05, 3.63) is 10.6 Å². The van der Waals surface area contributed by atoms with Crippen molar-refractivity contribution in [2.75, 3.05) is 0 Å². The summed E-state index contributed by atoms with van der Waals surface area (Å²) in [4.78, 5) is 0. The molecule has 0 aliphatic heterocycles. The number of aromatic nitrogens is 3. The third kappa shape index (κ3) is 2.37. The van der Waals surface area contributed by atoms with Crippen molar-refractivity contribution < 1.29 is 0 Å². The van der Waals surface area contributed by atoms with E-state index in [0.29, 0.717) is 12.0 Å². The lowest BCUT2D eigenvalue weighted by Crippen LogP contribution is -2.11. The maximum atomic E-state index is 5.30. The zero-order valence-corrected chi connectivity index (χ0v) is 11.0. The Balaban J connectivity index is 2.28. The number of rotatable bonds is 2. The first-order valence-electron chi connectivity index (χ1n) is 6.37. The Morgan fingerprint density at radius 1 is 1.25 bits per heavy atom. The Kier molecular flexibility index (Phi) is 3.79. The summed E-state index contributed by atoms with van der Waals surface area (Å²) in [6.45, 7) is 4.34. The van der Waals surface area contributed by atoms with Crippen LogP contribution in [0.1, 0.15) is 70.2 Å². The van der Waals surface area contributed by atoms with E-state index in [9.17, 15) is 0 Å². The van der Waals surface area contributed by atoms with Crippen LogP contribution in [0.2, 0.25) is 0 Å². The number of hydrogen-bond donors (Lipinski definition) is 1. The van der Waals surface area contributed by atoms with Gasteiger partial charge in [0.1, 0.15) is 5.82 Å². The standard InChI is InChI=1S/C12H21N3S/c1-9(2)15-11(13-14-12(15)16)10-7-5-3-4-6-8-10/h9-10H,3-8H2,1-2H3,(H,14,16). The zero-order chi connectivity index (χ0) is 11.5. The summed E-state index contributed by atoms with van der Waals surface area (Å²) in [6.07, 6.45) is 7.97. The van der Waals surface area contributed by atoms with E-state index in [2.05, 4.69) is 28.6 Å². The van der Waals surface area contributed by atoms with Crippen molar-refractivity contribution in [1.82, 2.24) is 14.8 Å². The van der Waals surface area contributed by atoms with E-state index in [1.165, 1.54) is 44.3 Å². The predicted octanol–water partition coefficient (Wildman–Crippen LogP) is 3.96. The SMILES string of the molecule is CC(C)n1c(C2CCCCCC2)n[nH]c1=S. The Bertz CT molecular complexity index is 383. The third-order valence-electron chi connectivity index (χ3n) is 3.47. The number of hydrogen-bond acceptors (Lipinski definition) is 2. The maximum absolute atomic E-state index is 5.30. The van der Waals surface area contributed by atoms with E-state index in [0.717, 1.165) is 4.77 Å². The van der Waals surface area contributed by atoms with E-state index in [4.69, 9.17) is 12.2 Å². The van der Waals surface area contributed by atoms with E-state index in [1.807, 2.05) is 0 Å². The van der Waals surface area contributed by atoms with Gasteiger partial charge in [0.25, 0.3) is 0 Å². The van der Waals surface area contributed by atoms with Gasteiger partial charge in [-0.05, 0) is 38.9 Å². The normalized spacial score (nSPS) is 18.9. The molecule has 0 radical (unpaired) electrons. The van der Waals surface area contributed by atoms with Crippen molar-refractivity contribution in [1.29, 1.82) is 0 Å². The van der Waals surface area contributed by atoms with Crippen LogP contribution in [0.4, 0.5) is 0 Å². The Morgan fingerprint density at radius 3 is 2.44 bits per heavy atom. The molecule has 3 nitrogen and oxygen atoms in total. The number of nitrogens with zero attached hydrogens (tertiary/aromatic N) is 2. The molecule has 1 aliphatic carbocycles. The molecule has 0 atom stereocenters. The summed E-state index contributed by atoms with van der Waals surface area (Å²) in [5.74, 6) is 1.79. The van der Waals surface area contributed by atoms with Crippen molar-refractivity contribution in [2.45, 2.75) is 64.3 Å². The molecule has 0 amide bonds. The van der Waals surface area contributed by atoms with Gasteiger partial charge in [-0.2, -0.15) is 5.10 Å². The van der Waals surface area contributed by atoms with Crippen LogP contribution in [0.25, 0.3) is 0 Å². The minimum atomic E-state index is 0.407. The minimum absolute atomic E-state index is 0.407. The highest BCUT2D eigenvalue weighted by molar-refractivity contribution is 7.71. The quantitative estimate of drug-likeness (QED) is 0.626. The Hall–Kier alpha value is -0.640. The fraction of sp³-hybridized carbons (Fsp3) is 0.833. The van der Waals surface area contributed by atoms with Crippen molar-refractivity contribution >= 4 is 12.2 Å². The lowest BCUT2D eigenvalue weighted by Gasteiger charge is -2.17. The van der Waals surface area contributed by atoms with Crippen LogP contribution in [-0.2, 0) is 0 Å². The molecular weight excluding hydrogens is 218 g/mol. The Labute approximate surface area is 102 Å². The Morgan fingerprint density at radius 2 is 1.88 bits per heavy atom. The second kappa shape index (κ2) is 5.13. The number of H-pyrrole nitrogens is 1. The summed E-state index contributed by atoms with van der Waals surface area (Å²) >= 11 is 5.30. The molecule has 4 heteroatoms. The molecule has 0 bridgehead atoms. The molecule has 0 saturated heterocycles. The summed E-state index contributed by atoms with van der Waals surface area (Å²) in [5.41, 5.74) is 0. The van der Waals surface area contributed by atoms with Gasteiger partial charge in [-0.15, -0.1) is 0 Å². The average Bonchev–Trinajstić information content (AvgIpc) is 2.50. The second-order valence-electron chi connectivity index (χ2n) is 5.04. The highest BCUT2D eigenvalue weighted by atomic mass is 32.1. The highest BCUT2D eigenvalue weighted by Crippen LogP contribution is 2.31.